The lowest BCUT2D eigenvalue weighted by Gasteiger charge is -2.32. The maximum absolute atomic E-state index is 5.84. The predicted octanol–water partition coefficient (Wildman–Crippen LogP) is 1.89. The van der Waals surface area contributed by atoms with Gasteiger partial charge in [0.25, 0.3) is 0 Å². The van der Waals surface area contributed by atoms with Crippen molar-refractivity contribution in [3.05, 3.63) is 23.8 Å². The highest BCUT2D eigenvalue weighted by atomic mass is 16.5. The van der Waals surface area contributed by atoms with Crippen LogP contribution in [0.4, 0.5) is 5.69 Å². The molecule has 0 saturated carbocycles. The molecule has 1 atom stereocenters. The number of methoxy groups -OCH3 is 1. The van der Waals surface area contributed by atoms with Gasteiger partial charge in [0.1, 0.15) is 5.75 Å². The van der Waals surface area contributed by atoms with Crippen molar-refractivity contribution in [3.63, 3.8) is 0 Å². The Hall–Kier alpha value is -1.26. The molecule has 1 heterocycles. The van der Waals surface area contributed by atoms with Gasteiger partial charge in [-0.25, -0.2) is 0 Å². The zero-order valence-corrected chi connectivity index (χ0v) is 11.2. The third kappa shape index (κ3) is 3.15. The van der Waals surface area contributed by atoms with Crippen molar-refractivity contribution >= 4 is 5.69 Å². The lowest BCUT2D eigenvalue weighted by molar-refractivity contribution is -0.0326. The number of hydrogen-bond acceptors (Lipinski definition) is 4. The number of nitrogens with zero attached hydrogens (tertiary/aromatic N) is 1. The first-order valence-corrected chi connectivity index (χ1v) is 6.49. The summed E-state index contributed by atoms with van der Waals surface area (Å²) >= 11 is 0. The van der Waals surface area contributed by atoms with Crippen molar-refractivity contribution in [1.29, 1.82) is 0 Å². The van der Waals surface area contributed by atoms with Crippen LogP contribution in [0.3, 0.4) is 0 Å². The molecule has 1 fully saturated rings. The van der Waals surface area contributed by atoms with E-state index in [9.17, 15) is 0 Å². The zero-order valence-electron chi connectivity index (χ0n) is 11.2. The summed E-state index contributed by atoms with van der Waals surface area (Å²) < 4.78 is 11.1. The van der Waals surface area contributed by atoms with Crippen LogP contribution in [0.15, 0.2) is 18.2 Å². The lowest BCUT2D eigenvalue weighted by Crippen LogP contribution is -2.41. The second-order valence-electron chi connectivity index (χ2n) is 4.71. The molecule has 0 radical (unpaired) electrons. The van der Waals surface area contributed by atoms with Crippen molar-refractivity contribution in [2.24, 2.45) is 0 Å². The number of morpholine rings is 1. The molecule has 0 spiro atoms. The van der Waals surface area contributed by atoms with Crippen LogP contribution >= 0.6 is 0 Å². The fourth-order valence-electron chi connectivity index (χ4n) is 2.33. The van der Waals surface area contributed by atoms with E-state index >= 15 is 0 Å². The second kappa shape index (κ2) is 6.07. The van der Waals surface area contributed by atoms with Crippen molar-refractivity contribution in [2.45, 2.75) is 26.0 Å². The monoisotopic (exact) mass is 250 g/mol. The molecule has 1 saturated heterocycles. The summed E-state index contributed by atoms with van der Waals surface area (Å²) in [7, 11) is 1.70. The Morgan fingerprint density at radius 3 is 3.06 bits per heavy atom. The highest BCUT2D eigenvalue weighted by Crippen LogP contribution is 2.23. The summed E-state index contributed by atoms with van der Waals surface area (Å²) in [6, 6.07) is 5.80. The van der Waals surface area contributed by atoms with Gasteiger partial charge in [0, 0.05) is 30.9 Å². The predicted molar refractivity (Wildman–Crippen MR) is 72.7 cm³/mol. The van der Waals surface area contributed by atoms with Crippen LogP contribution < -0.4 is 10.5 Å². The molecule has 0 amide bonds. The quantitative estimate of drug-likeness (QED) is 0.829. The summed E-state index contributed by atoms with van der Waals surface area (Å²) in [6.45, 7) is 5.79. The molecule has 4 nitrogen and oxygen atoms in total. The van der Waals surface area contributed by atoms with Gasteiger partial charge in [-0.2, -0.15) is 0 Å². The van der Waals surface area contributed by atoms with Crippen molar-refractivity contribution in [2.75, 3.05) is 32.5 Å². The summed E-state index contributed by atoms with van der Waals surface area (Å²) in [5.41, 5.74) is 7.77. The van der Waals surface area contributed by atoms with Gasteiger partial charge in [-0.3, -0.25) is 4.90 Å². The second-order valence-corrected chi connectivity index (χ2v) is 4.71. The van der Waals surface area contributed by atoms with E-state index in [-0.39, 0.29) is 0 Å². The summed E-state index contributed by atoms with van der Waals surface area (Å²) in [4.78, 5) is 2.40. The molecule has 1 unspecified atom stereocenters. The molecule has 0 aromatic heterocycles. The molecule has 0 bridgehead atoms. The minimum absolute atomic E-state index is 0.353. The van der Waals surface area contributed by atoms with Crippen LogP contribution in [-0.4, -0.2) is 37.8 Å². The standard InChI is InChI=1S/C14H22N2O2/c1-3-13-10-16(6-7-18-13)9-11-8-12(15)4-5-14(11)17-2/h4-5,8,13H,3,6-7,9-10,15H2,1-2H3. The topological polar surface area (TPSA) is 47.7 Å². The summed E-state index contributed by atoms with van der Waals surface area (Å²) in [5, 5.41) is 0. The van der Waals surface area contributed by atoms with Crippen LogP contribution in [-0.2, 0) is 11.3 Å². The molecule has 1 aromatic carbocycles. The maximum atomic E-state index is 5.84. The van der Waals surface area contributed by atoms with Gasteiger partial charge < -0.3 is 15.2 Å². The van der Waals surface area contributed by atoms with Crippen molar-refractivity contribution in [3.8, 4) is 5.75 Å². The molecule has 4 heteroatoms. The largest absolute Gasteiger partial charge is 0.496 e. The molecule has 18 heavy (non-hydrogen) atoms. The average Bonchev–Trinajstić information content (AvgIpc) is 2.39. The maximum Gasteiger partial charge on any atom is 0.123 e. The van der Waals surface area contributed by atoms with Crippen LogP contribution in [0, 0.1) is 0 Å². The Kier molecular flexibility index (Phi) is 4.44. The highest BCUT2D eigenvalue weighted by molar-refractivity contribution is 5.47. The third-order valence-electron chi connectivity index (χ3n) is 3.38. The fraction of sp³-hybridized carbons (Fsp3) is 0.571. The number of benzene rings is 1. The van der Waals surface area contributed by atoms with E-state index < -0.39 is 0 Å². The molecule has 1 aliphatic rings. The first kappa shape index (κ1) is 13.2. The number of rotatable bonds is 4. The molecule has 1 aromatic rings. The smallest absolute Gasteiger partial charge is 0.123 e. The van der Waals surface area contributed by atoms with Gasteiger partial charge in [-0.15, -0.1) is 0 Å². The SMILES string of the molecule is CCC1CN(Cc2cc(N)ccc2OC)CCO1. The van der Waals surface area contributed by atoms with E-state index in [0.29, 0.717) is 6.10 Å². The highest BCUT2D eigenvalue weighted by Gasteiger charge is 2.19. The number of ether oxygens (including phenoxy) is 2. The molecule has 2 rings (SSSR count). The number of anilines is 1. The Bertz CT molecular complexity index is 395. The normalized spacial score (nSPS) is 20.9. The van der Waals surface area contributed by atoms with Crippen LogP contribution in [0.5, 0.6) is 5.75 Å². The van der Waals surface area contributed by atoms with Gasteiger partial charge in [0.2, 0.25) is 0 Å². The van der Waals surface area contributed by atoms with Crippen molar-refractivity contribution < 1.29 is 9.47 Å². The van der Waals surface area contributed by atoms with Crippen LogP contribution in [0.2, 0.25) is 0 Å². The number of nitrogens with two attached hydrogens (primary N) is 1. The molecular weight excluding hydrogens is 228 g/mol. The van der Waals surface area contributed by atoms with Crippen molar-refractivity contribution in [1.82, 2.24) is 4.90 Å². The molecule has 100 valence electrons. The van der Waals surface area contributed by atoms with E-state index in [1.165, 1.54) is 0 Å². The Morgan fingerprint density at radius 2 is 2.33 bits per heavy atom. The summed E-state index contributed by atoms with van der Waals surface area (Å²) in [6.07, 6.45) is 1.41. The Balaban J connectivity index is 2.06. The zero-order chi connectivity index (χ0) is 13.0. The Morgan fingerprint density at radius 1 is 1.50 bits per heavy atom. The third-order valence-corrected chi connectivity index (χ3v) is 3.38. The molecule has 1 aliphatic heterocycles. The van der Waals surface area contributed by atoms with Crippen LogP contribution in [0.25, 0.3) is 0 Å². The van der Waals surface area contributed by atoms with Crippen LogP contribution in [0.1, 0.15) is 18.9 Å². The first-order chi connectivity index (χ1) is 8.72. The molecule has 0 aliphatic carbocycles. The van der Waals surface area contributed by atoms with E-state index in [2.05, 4.69) is 11.8 Å². The van der Waals surface area contributed by atoms with E-state index in [4.69, 9.17) is 15.2 Å². The summed E-state index contributed by atoms with van der Waals surface area (Å²) in [5.74, 6) is 0.906. The number of nitrogen functional groups attached to an aromatic ring is 1. The fourth-order valence-corrected chi connectivity index (χ4v) is 2.33. The van der Waals surface area contributed by atoms with Gasteiger partial charge in [0.05, 0.1) is 19.8 Å². The van der Waals surface area contributed by atoms with Gasteiger partial charge in [-0.05, 0) is 24.6 Å². The van der Waals surface area contributed by atoms with Gasteiger partial charge >= 0.3 is 0 Å². The first-order valence-electron chi connectivity index (χ1n) is 6.49. The van der Waals surface area contributed by atoms with E-state index in [1.807, 2.05) is 18.2 Å². The average molecular weight is 250 g/mol. The molecule has 2 N–H and O–H groups in total. The van der Waals surface area contributed by atoms with Gasteiger partial charge in [-0.1, -0.05) is 6.92 Å². The Labute approximate surface area is 109 Å². The molecular formula is C14H22N2O2. The minimum Gasteiger partial charge on any atom is -0.496 e. The van der Waals surface area contributed by atoms with E-state index in [0.717, 1.165) is 49.7 Å². The lowest BCUT2D eigenvalue weighted by atomic mass is 10.1. The number of hydrogen-bond donors (Lipinski definition) is 1. The van der Waals surface area contributed by atoms with E-state index in [1.54, 1.807) is 7.11 Å². The minimum atomic E-state index is 0.353. The van der Waals surface area contributed by atoms with Gasteiger partial charge in [0.15, 0.2) is 0 Å².